The van der Waals surface area contributed by atoms with Gasteiger partial charge in [-0.25, -0.2) is 4.98 Å². The maximum atomic E-state index is 9.22. The predicted octanol–water partition coefficient (Wildman–Crippen LogP) is 1.21. The number of hydrogen-bond donors (Lipinski definition) is 2. The third-order valence-corrected chi connectivity index (χ3v) is 2.74. The lowest BCUT2D eigenvalue weighted by Gasteiger charge is -2.10. The summed E-state index contributed by atoms with van der Waals surface area (Å²) in [5, 5.41) is 9.78. The first kappa shape index (κ1) is 8.49. The highest BCUT2D eigenvalue weighted by Crippen LogP contribution is 2.25. The van der Waals surface area contributed by atoms with Crippen LogP contribution in [0.4, 0.5) is 5.13 Å². The topological polar surface area (TPSA) is 59.1 Å². The molecule has 0 saturated heterocycles. The molecule has 4 heteroatoms. The SMILES string of the molecule is CC(O)C(C)c1cnc(N)s1. The number of thiazole rings is 1. The van der Waals surface area contributed by atoms with Gasteiger partial charge in [0.15, 0.2) is 5.13 Å². The molecule has 0 spiro atoms. The normalized spacial score (nSPS) is 16.3. The molecule has 3 N–H and O–H groups in total. The minimum Gasteiger partial charge on any atom is -0.393 e. The molecular formula is C7H12N2OS. The molecule has 11 heavy (non-hydrogen) atoms. The van der Waals surface area contributed by atoms with Crippen LogP contribution in [0.2, 0.25) is 0 Å². The van der Waals surface area contributed by atoms with Crippen molar-refractivity contribution in [2.75, 3.05) is 5.73 Å². The predicted molar refractivity (Wildman–Crippen MR) is 46.6 cm³/mol. The van der Waals surface area contributed by atoms with Gasteiger partial charge in [0.1, 0.15) is 0 Å². The third-order valence-electron chi connectivity index (χ3n) is 1.71. The second-order valence-electron chi connectivity index (χ2n) is 2.63. The molecule has 1 aromatic heterocycles. The van der Waals surface area contributed by atoms with E-state index in [0.717, 1.165) is 4.88 Å². The summed E-state index contributed by atoms with van der Waals surface area (Å²) in [6.45, 7) is 3.72. The molecule has 62 valence electrons. The van der Waals surface area contributed by atoms with E-state index in [1.165, 1.54) is 11.3 Å². The molecule has 0 aromatic carbocycles. The van der Waals surface area contributed by atoms with E-state index in [-0.39, 0.29) is 12.0 Å². The van der Waals surface area contributed by atoms with E-state index < -0.39 is 0 Å². The van der Waals surface area contributed by atoms with Gasteiger partial charge in [-0.15, -0.1) is 11.3 Å². The summed E-state index contributed by atoms with van der Waals surface area (Å²) in [5.74, 6) is 0.129. The molecule has 0 amide bonds. The number of aliphatic hydroxyl groups is 1. The lowest BCUT2D eigenvalue weighted by atomic mass is 10.1. The molecule has 3 nitrogen and oxygen atoms in total. The van der Waals surface area contributed by atoms with E-state index in [9.17, 15) is 5.11 Å². The van der Waals surface area contributed by atoms with Crippen molar-refractivity contribution in [1.29, 1.82) is 0 Å². The standard InChI is InChI=1S/C7H12N2OS/c1-4(5(2)10)6-3-9-7(8)11-6/h3-5,10H,1-2H3,(H2,8,9). The molecule has 0 saturated carbocycles. The van der Waals surface area contributed by atoms with Crippen LogP contribution in [0.1, 0.15) is 24.6 Å². The molecule has 2 atom stereocenters. The van der Waals surface area contributed by atoms with Gasteiger partial charge in [-0.05, 0) is 6.92 Å². The molecule has 0 radical (unpaired) electrons. The summed E-state index contributed by atoms with van der Waals surface area (Å²) in [6, 6.07) is 0. The summed E-state index contributed by atoms with van der Waals surface area (Å²) in [5.41, 5.74) is 5.44. The van der Waals surface area contributed by atoms with Crippen LogP contribution >= 0.6 is 11.3 Å². The Bertz CT molecular complexity index is 234. The van der Waals surface area contributed by atoms with E-state index in [1.54, 1.807) is 13.1 Å². The van der Waals surface area contributed by atoms with Crippen LogP contribution in [0.15, 0.2) is 6.20 Å². The van der Waals surface area contributed by atoms with Crippen LogP contribution in [-0.4, -0.2) is 16.2 Å². The fraction of sp³-hybridized carbons (Fsp3) is 0.571. The van der Waals surface area contributed by atoms with Gasteiger partial charge in [-0.2, -0.15) is 0 Å². The first-order valence-electron chi connectivity index (χ1n) is 3.50. The molecule has 0 bridgehead atoms. The Labute approximate surface area is 69.9 Å². The van der Waals surface area contributed by atoms with Crippen LogP contribution in [0.5, 0.6) is 0 Å². The molecule has 1 heterocycles. The van der Waals surface area contributed by atoms with Crippen molar-refractivity contribution in [3.05, 3.63) is 11.1 Å². The van der Waals surface area contributed by atoms with Crippen LogP contribution < -0.4 is 5.73 Å². The summed E-state index contributed by atoms with van der Waals surface area (Å²) in [7, 11) is 0. The zero-order valence-corrected chi connectivity index (χ0v) is 7.43. The van der Waals surface area contributed by atoms with Gasteiger partial charge < -0.3 is 10.8 Å². The number of aliphatic hydroxyl groups excluding tert-OH is 1. The van der Waals surface area contributed by atoms with E-state index in [4.69, 9.17) is 5.73 Å². The maximum Gasteiger partial charge on any atom is 0.180 e. The number of nitrogen functional groups attached to an aromatic ring is 1. The van der Waals surface area contributed by atoms with Crippen molar-refractivity contribution in [3.8, 4) is 0 Å². The zero-order chi connectivity index (χ0) is 8.43. The van der Waals surface area contributed by atoms with Crippen LogP contribution in [0, 0.1) is 0 Å². The largest absolute Gasteiger partial charge is 0.393 e. The van der Waals surface area contributed by atoms with Gasteiger partial charge in [0, 0.05) is 17.0 Å². The van der Waals surface area contributed by atoms with Crippen LogP contribution in [0.3, 0.4) is 0 Å². The number of nitrogens with two attached hydrogens (primary N) is 1. The Hall–Kier alpha value is -0.610. The molecular weight excluding hydrogens is 160 g/mol. The van der Waals surface area contributed by atoms with Gasteiger partial charge in [0.2, 0.25) is 0 Å². The van der Waals surface area contributed by atoms with Crippen molar-refractivity contribution in [2.45, 2.75) is 25.9 Å². The lowest BCUT2D eigenvalue weighted by molar-refractivity contribution is 0.170. The second-order valence-corrected chi connectivity index (χ2v) is 3.72. The summed E-state index contributed by atoms with van der Waals surface area (Å²) < 4.78 is 0. The summed E-state index contributed by atoms with van der Waals surface area (Å²) >= 11 is 1.43. The quantitative estimate of drug-likeness (QED) is 0.705. The number of nitrogens with zero attached hydrogens (tertiary/aromatic N) is 1. The average molecular weight is 172 g/mol. The summed E-state index contributed by atoms with van der Waals surface area (Å²) in [6.07, 6.45) is 1.38. The molecule has 0 aliphatic heterocycles. The molecule has 1 aromatic rings. The second kappa shape index (κ2) is 3.19. The first-order valence-corrected chi connectivity index (χ1v) is 4.32. The van der Waals surface area contributed by atoms with E-state index in [1.807, 2.05) is 6.92 Å². The highest BCUT2D eigenvalue weighted by molar-refractivity contribution is 7.15. The number of hydrogen-bond acceptors (Lipinski definition) is 4. The zero-order valence-electron chi connectivity index (χ0n) is 6.61. The Morgan fingerprint density at radius 3 is 2.64 bits per heavy atom. The Morgan fingerprint density at radius 2 is 2.27 bits per heavy atom. The highest BCUT2D eigenvalue weighted by atomic mass is 32.1. The summed E-state index contributed by atoms with van der Waals surface area (Å²) in [4.78, 5) is 4.94. The van der Waals surface area contributed by atoms with E-state index >= 15 is 0 Å². The van der Waals surface area contributed by atoms with Crippen LogP contribution in [-0.2, 0) is 0 Å². The minimum absolute atomic E-state index is 0.129. The Kier molecular flexibility index (Phi) is 2.46. The monoisotopic (exact) mass is 172 g/mol. The van der Waals surface area contributed by atoms with Crippen molar-refractivity contribution in [1.82, 2.24) is 4.98 Å². The van der Waals surface area contributed by atoms with Crippen molar-refractivity contribution in [3.63, 3.8) is 0 Å². The Balaban J connectivity index is 2.76. The smallest absolute Gasteiger partial charge is 0.180 e. The molecule has 2 unspecified atom stereocenters. The van der Waals surface area contributed by atoms with Crippen molar-refractivity contribution in [2.24, 2.45) is 0 Å². The minimum atomic E-state index is -0.338. The fourth-order valence-electron chi connectivity index (χ4n) is 0.749. The van der Waals surface area contributed by atoms with Gasteiger partial charge in [0.05, 0.1) is 6.10 Å². The average Bonchev–Trinajstić information content (AvgIpc) is 2.34. The number of aromatic nitrogens is 1. The molecule has 0 aliphatic rings. The lowest BCUT2D eigenvalue weighted by Crippen LogP contribution is -2.09. The fourth-order valence-corrected chi connectivity index (χ4v) is 1.58. The molecule has 1 rings (SSSR count). The van der Waals surface area contributed by atoms with Gasteiger partial charge in [0.25, 0.3) is 0 Å². The molecule has 0 aliphatic carbocycles. The van der Waals surface area contributed by atoms with Crippen LogP contribution in [0.25, 0.3) is 0 Å². The maximum absolute atomic E-state index is 9.22. The van der Waals surface area contributed by atoms with Gasteiger partial charge in [-0.3, -0.25) is 0 Å². The van der Waals surface area contributed by atoms with E-state index in [2.05, 4.69) is 4.98 Å². The highest BCUT2D eigenvalue weighted by Gasteiger charge is 2.13. The van der Waals surface area contributed by atoms with E-state index in [0.29, 0.717) is 5.13 Å². The van der Waals surface area contributed by atoms with Crippen molar-refractivity contribution < 1.29 is 5.11 Å². The molecule has 0 fully saturated rings. The Morgan fingerprint density at radius 1 is 1.64 bits per heavy atom. The third kappa shape index (κ3) is 1.91. The number of anilines is 1. The van der Waals surface area contributed by atoms with Gasteiger partial charge >= 0.3 is 0 Å². The number of rotatable bonds is 2. The van der Waals surface area contributed by atoms with Crippen molar-refractivity contribution >= 4 is 16.5 Å². The van der Waals surface area contributed by atoms with Gasteiger partial charge in [-0.1, -0.05) is 6.92 Å². The first-order chi connectivity index (χ1) is 5.11.